The van der Waals surface area contributed by atoms with Gasteiger partial charge in [-0.2, -0.15) is 13.2 Å². The van der Waals surface area contributed by atoms with Gasteiger partial charge in [0.25, 0.3) is 5.91 Å². The minimum absolute atomic E-state index is 0.0438. The van der Waals surface area contributed by atoms with Crippen molar-refractivity contribution < 1.29 is 32.6 Å². The first kappa shape index (κ1) is 22.4. The third kappa shape index (κ3) is 6.36. The molecule has 0 bridgehead atoms. The van der Waals surface area contributed by atoms with E-state index in [9.17, 15) is 18.0 Å². The summed E-state index contributed by atoms with van der Waals surface area (Å²) in [7, 11) is 0. The predicted octanol–water partition coefficient (Wildman–Crippen LogP) is 1.73. The van der Waals surface area contributed by atoms with E-state index < -0.39 is 12.1 Å². The molecule has 1 aromatic rings. The second kappa shape index (κ2) is 9.69. The summed E-state index contributed by atoms with van der Waals surface area (Å²) in [6.45, 7) is 3.96. The molecule has 0 spiro atoms. The topological polar surface area (TPSA) is 105 Å². The van der Waals surface area contributed by atoms with Crippen LogP contribution in [0.25, 0.3) is 0 Å². The monoisotopic (exact) mass is 430 g/mol. The second-order valence-corrected chi connectivity index (χ2v) is 7.87. The van der Waals surface area contributed by atoms with Gasteiger partial charge in [0.05, 0.1) is 18.3 Å². The molecule has 8 nitrogen and oxygen atoms in total. The lowest BCUT2D eigenvalue weighted by molar-refractivity contribution is -0.192. The van der Waals surface area contributed by atoms with Gasteiger partial charge in [0.2, 0.25) is 0 Å². The quantitative estimate of drug-likeness (QED) is 0.750. The molecular formula is C19H25F3N4O4. The number of rotatable bonds is 4. The normalized spacial score (nSPS) is 26.7. The maximum Gasteiger partial charge on any atom is 0.490 e. The average molecular weight is 430 g/mol. The smallest absolute Gasteiger partial charge is 0.475 e. The molecule has 11 heteroatoms. The van der Waals surface area contributed by atoms with E-state index >= 15 is 0 Å². The number of hydrogen-bond acceptors (Lipinski definition) is 6. The molecule has 1 amide bonds. The number of ether oxygens (including phenoxy) is 1. The number of aromatic nitrogens is 2. The van der Waals surface area contributed by atoms with Crippen molar-refractivity contribution in [3.05, 3.63) is 24.3 Å². The van der Waals surface area contributed by atoms with E-state index in [4.69, 9.17) is 14.6 Å². The SMILES string of the molecule is O=C(N[C@@H]1CN(CC2CC2)C[C@@H]2CCCO[C@@H]21)c1cnccn1.O=C(O)C(F)(F)F. The third-order valence-electron chi connectivity index (χ3n) is 5.41. The number of carbonyl (C=O) groups excluding carboxylic acids is 1. The lowest BCUT2D eigenvalue weighted by Gasteiger charge is -2.46. The van der Waals surface area contributed by atoms with Gasteiger partial charge in [-0.15, -0.1) is 0 Å². The van der Waals surface area contributed by atoms with Gasteiger partial charge in [-0.3, -0.25) is 9.78 Å². The van der Waals surface area contributed by atoms with Crippen molar-refractivity contribution in [2.45, 2.75) is 44.0 Å². The molecule has 2 aliphatic heterocycles. The van der Waals surface area contributed by atoms with E-state index in [1.807, 2.05) is 0 Å². The predicted molar refractivity (Wildman–Crippen MR) is 98.6 cm³/mol. The molecule has 1 saturated carbocycles. The fourth-order valence-electron chi connectivity index (χ4n) is 3.89. The van der Waals surface area contributed by atoms with Crippen molar-refractivity contribution in [2.24, 2.45) is 11.8 Å². The Morgan fingerprint density at radius 3 is 2.57 bits per heavy atom. The zero-order chi connectivity index (χ0) is 21.7. The van der Waals surface area contributed by atoms with Crippen molar-refractivity contribution in [2.75, 3.05) is 26.2 Å². The molecule has 4 rings (SSSR count). The Hall–Kier alpha value is -2.27. The highest BCUT2D eigenvalue weighted by Gasteiger charge is 2.41. The summed E-state index contributed by atoms with van der Waals surface area (Å²) in [4.78, 5) is 31.9. The Morgan fingerprint density at radius 2 is 1.97 bits per heavy atom. The lowest BCUT2D eigenvalue weighted by atomic mass is 9.85. The highest BCUT2D eigenvalue weighted by Crippen LogP contribution is 2.34. The van der Waals surface area contributed by atoms with Crippen molar-refractivity contribution in [1.29, 1.82) is 0 Å². The molecule has 1 aromatic heterocycles. The summed E-state index contributed by atoms with van der Waals surface area (Å²) in [6, 6.07) is 0.0438. The molecule has 2 saturated heterocycles. The molecule has 3 aliphatic rings. The highest BCUT2D eigenvalue weighted by atomic mass is 19.4. The largest absolute Gasteiger partial charge is 0.490 e. The fourth-order valence-corrected chi connectivity index (χ4v) is 3.89. The zero-order valence-corrected chi connectivity index (χ0v) is 16.3. The van der Waals surface area contributed by atoms with Gasteiger partial charge in [0.1, 0.15) is 5.69 Å². The van der Waals surface area contributed by atoms with E-state index in [2.05, 4.69) is 20.2 Å². The number of hydrogen-bond donors (Lipinski definition) is 2. The minimum Gasteiger partial charge on any atom is -0.475 e. The first-order valence-corrected chi connectivity index (χ1v) is 9.95. The third-order valence-corrected chi connectivity index (χ3v) is 5.41. The van der Waals surface area contributed by atoms with Gasteiger partial charge in [0.15, 0.2) is 0 Å². The fraction of sp³-hybridized carbons (Fsp3) is 0.684. The molecule has 1 aliphatic carbocycles. The number of carboxylic acids is 1. The number of fused-ring (bicyclic) bond motifs is 1. The van der Waals surface area contributed by atoms with Gasteiger partial charge in [-0.1, -0.05) is 0 Å². The Bertz CT molecular complexity index is 730. The number of nitrogens with zero attached hydrogens (tertiary/aromatic N) is 3. The van der Waals surface area contributed by atoms with Gasteiger partial charge in [-0.05, 0) is 37.5 Å². The maximum absolute atomic E-state index is 12.4. The Kier molecular flexibility index (Phi) is 7.24. The van der Waals surface area contributed by atoms with Crippen LogP contribution in [0.15, 0.2) is 18.6 Å². The molecule has 3 fully saturated rings. The number of aliphatic carboxylic acids is 1. The number of nitrogens with one attached hydrogen (secondary N) is 1. The van der Waals surface area contributed by atoms with Crippen LogP contribution in [0.3, 0.4) is 0 Å². The average Bonchev–Trinajstić information content (AvgIpc) is 3.52. The number of halogens is 3. The molecule has 166 valence electrons. The summed E-state index contributed by atoms with van der Waals surface area (Å²) in [6.07, 6.45) is 4.74. The highest BCUT2D eigenvalue weighted by molar-refractivity contribution is 5.92. The van der Waals surface area contributed by atoms with E-state index in [1.54, 1.807) is 12.4 Å². The Morgan fingerprint density at radius 1 is 1.23 bits per heavy atom. The second-order valence-electron chi connectivity index (χ2n) is 7.87. The molecule has 30 heavy (non-hydrogen) atoms. The molecule has 0 unspecified atom stereocenters. The van der Waals surface area contributed by atoms with Crippen LogP contribution < -0.4 is 5.32 Å². The number of alkyl halides is 3. The Balaban J connectivity index is 0.000000318. The Labute approximate surface area is 171 Å². The molecular weight excluding hydrogens is 405 g/mol. The van der Waals surface area contributed by atoms with Crippen molar-refractivity contribution in [1.82, 2.24) is 20.2 Å². The van der Waals surface area contributed by atoms with E-state index in [0.29, 0.717) is 11.6 Å². The summed E-state index contributed by atoms with van der Waals surface area (Å²) in [5, 5.41) is 10.3. The minimum atomic E-state index is -5.08. The number of likely N-dealkylation sites (tertiary alicyclic amines) is 1. The van der Waals surface area contributed by atoms with Crippen LogP contribution in [0, 0.1) is 11.8 Å². The van der Waals surface area contributed by atoms with Crippen LogP contribution in [0.4, 0.5) is 13.2 Å². The molecule has 0 aromatic carbocycles. The molecule has 3 atom stereocenters. The van der Waals surface area contributed by atoms with Gasteiger partial charge < -0.3 is 20.1 Å². The lowest BCUT2D eigenvalue weighted by Crippen LogP contribution is -2.61. The van der Waals surface area contributed by atoms with Crippen molar-refractivity contribution >= 4 is 11.9 Å². The van der Waals surface area contributed by atoms with E-state index in [1.165, 1.54) is 32.0 Å². The number of piperidine rings is 1. The van der Waals surface area contributed by atoms with Gasteiger partial charge in [-0.25, -0.2) is 9.78 Å². The van der Waals surface area contributed by atoms with Crippen LogP contribution in [-0.4, -0.2) is 76.4 Å². The molecule has 0 radical (unpaired) electrons. The maximum atomic E-state index is 12.4. The van der Waals surface area contributed by atoms with Gasteiger partial charge in [0, 0.05) is 38.6 Å². The van der Waals surface area contributed by atoms with Crippen LogP contribution >= 0.6 is 0 Å². The van der Waals surface area contributed by atoms with Crippen LogP contribution in [0.2, 0.25) is 0 Å². The summed E-state index contributed by atoms with van der Waals surface area (Å²) in [5.74, 6) is -1.51. The van der Waals surface area contributed by atoms with Gasteiger partial charge >= 0.3 is 12.1 Å². The summed E-state index contributed by atoms with van der Waals surface area (Å²) >= 11 is 0. The summed E-state index contributed by atoms with van der Waals surface area (Å²) < 4.78 is 37.8. The first-order chi connectivity index (χ1) is 14.2. The summed E-state index contributed by atoms with van der Waals surface area (Å²) in [5.41, 5.74) is 0.374. The van der Waals surface area contributed by atoms with Crippen LogP contribution in [0.5, 0.6) is 0 Å². The zero-order valence-electron chi connectivity index (χ0n) is 16.3. The first-order valence-electron chi connectivity index (χ1n) is 9.95. The van der Waals surface area contributed by atoms with Crippen LogP contribution in [-0.2, 0) is 9.53 Å². The van der Waals surface area contributed by atoms with E-state index in [-0.39, 0.29) is 18.1 Å². The standard InChI is InChI=1S/C17H24N4O2.C2HF3O2/c22-17(14-8-18-5-6-19-14)20-15-11-21(9-12-3-4-12)10-13-2-1-7-23-16(13)15;3-2(4,5)1(6)7/h5-6,8,12-13,15-16H,1-4,7,9-11H2,(H,20,22);(H,6,7)/t13-,15+,16-;/m0./s1. The van der Waals surface area contributed by atoms with Crippen LogP contribution in [0.1, 0.15) is 36.2 Å². The van der Waals surface area contributed by atoms with E-state index in [0.717, 1.165) is 32.0 Å². The number of carbonyl (C=O) groups is 2. The number of carboxylic acid groups (broad SMARTS) is 1. The van der Waals surface area contributed by atoms with Crippen molar-refractivity contribution in [3.63, 3.8) is 0 Å². The molecule has 2 N–H and O–H groups in total. The number of amides is 1. The van der Waals surface area contributed by atoms with Crippen molar-refractivity contribution in [3.8, 4) is 0 Å². The molecule has 3 heterocycles.